The van der Waals surface area contributed by atoms with E-state index in [4.69, 9.17) is 21.3 Å². The number of phenols is 1. The van der Waals surface area contributed by atoms with E-state index >= 15 is 0 Å². The molecule has 11 nitrogen and oxygen atoms in total. The summed E-state index contributed by atoms with van der Waals surface area (Å²) >= 11 is 6.65. The molecule has 1 saturated heterocycles. The van der Waals surface area contributed by atoms with Crippen LogP contribution >= 0.6 is 24.0 Å². The maximum Gasteiger partial charge on any atom is 0.267 e. The molecule has 3 aromatic heterocycles. The first-order chi connectivity index (χ1) is 25.7. The van der Waals surface area contributed by atoms with Gasteiger partial charge in [-0.2, -0.15) is 0 Å². The molecule has 8 rings (SSSR count). The van der Waals surface area contributed by atoms with E-state index in [0.717, 1.165) is 37.1 Å². The molecule has 2 amide bonds. The molecule has 1 fully saturated rings. The van der Waals surface area contributed by atoms with Gasteiger partial charge >= 0.3 is 0 Å². The molecular formula is C41H41Cl2N7O4. The Bertz CT molecular complexity index is 2350. The number of aromatic nitrogens is 4. The minimum atomic E-state index is -0.363. The molecule has 0 bridgehead atoms. The number of fused-ring (bicyclic) bond motifs is 2. The minimum absolute atomic E-state index is 0. The number of rotatable bonds is 7. The van der Waals surface area contributed by atoms with Crippen LogP contribution in [0.1, 0.15) is 37.5 Å². The van der Waals surface area contributed by atoms with Gasteiger partial charge in [0.1, 0.15) is 5.75 Å². The summed E-state index contributed by atoms with van der Waals surface area (Å²) in [7, 11) is 3.79. The molecule has 1 atom stereocenters. The zero-order valence-electron chi connectivity index (χ0n) is 30.3. The van der Waals surface area contributed by atoms with Crippen LogP contribution in [0.3, 0.4) is 0 Å². The van der Waals surface area contributed by atoms with Crippen molar-refractivity contribution in [2.75, 3.05) is 37.7 Å². The van der Waals surface area contributed by atoms with Gasteiger partial charge in [-0.3, -0.25) is 14.5 Å². The standard InChI is InChI=1S/C41H40ClN7O4.ClH/c1-26-34(40(52)49(30-9-11-32(50)12-10-30)41-43-23-38-36(44-41)14-15-45(38)2)22-37(46(26)3)35-21-29(42)8-13-33(35)39(51)48-24-28-7-5-4-6-27(28)20-31(48)25-47-16-18-53-19-17-47;/h4-15,21-23,31,50H,16-20,24-25H2,1-3H3;1H/t31-;/m0./s1. The van der Waals surface area contributed by atoms with Crippen molar-refractivity contribution in [3.05, 3.63) is 124 Å². The molecule has 0 spiro atoms. The van der Waals surface area contributed by atoms with Crippen LogP contribution in [-0.4, -0.2) is 84.7 Å². The van der Waals surface area contributed by atoms with E-state index in [9.17, 15) is 14.7 Å². The smallest absolute Gasteiger partial charge is 0.267 e. The van der Waals surface area contributed by atoms with E-state index in [1.165, 1.54) is 22.6 Å². The first-order valence-corrected chi connectivity index (χ1v) is 18.1. The van der Waals surface area contributed by atoms with Crippen molar-refractivity contribution < 1.29 is 19.4 Å². The van der Waals surface area contributed by atoms with Gasteiger partial charge in [-0.25, -0.2) is 14.9 Å². The van der Waals surface area contributed by atoms with Crippen LogP contribution in [0, 0.1) is 6.92 Å². The average Bonchev–Trinajstić information content (AvgIpc) is 3.69. The first-order valence-electron chi connectivity index (χ1n) is 17.7. The van der Waals surface area contributed by atoms with Gasteiger partial charge in [0.25, 0.3) is 11.8 Å². The van der Waals surface area contributed by atoms with Crippen molar-refractivity contribution in [3.63, 3.8) is 0 Å². The lowest BCUT2D eigenvalue weighted by atomic mass is 9.92. The molecule has 1 N–H and O–H groups in total. The number of aromatic hydroxyl groups is 1. The number of aryl methyl sites for hydroxylation is 1. The number of morpholine rings is 1. The largest absolute Gasteiger partial charge is 0.508 e. The summed E-state index contributed by atoms with van der Waals surface area (Å²) in [4.78, 5) is 44.7. The van der Waals surface area contributed by atoms with E-state index < -0.39 is 0 Å². The van der Waals surface area contributed by atoms with Crippen molar-refractivity contribution in [1.29, 1.82) is 0 Å². The van der Waals surface area contributed by atoms with Crippen molar-refractivity contribution in [1.82, 2.24) is 28.9 Å². The molecule has 0 unspecified atom stereocenters. The van der Waals surface area contributed by atoms with Gasteiger partial charge in [-0.15, -0.1) is 12.4 Å². The van der Waals surface area contributed by atoms with E-state index in [1.807, 2.05) is 59.4 Å². The van der Waals surface area contributed by atoms with Crippen LogP contribution in [0.2, 0.25) is 5.02 Å². The summed E-state index contributed by atoms with van der Waals surface area (Å²) in [6.07, 6.45) is 4.34. The Morgan fingerprint density at radius 1 is 0.963 bits per heavy atom. The van der Waals surface area contributed by atoms with Crippen molar-refractivity contribution >= 4 is 58.5 Å². The summed E-state index contributed by atoms with van der Waals surface area (Å²) in [6, 6.07) is 23.7. The summed E-state index contributed by atoms with van der Waals surface area (Å²) < 4.78 is 9.44. The average molecular weight is 767 g/mol. The number of hydrogen-bond donors (Lipinski definition) is 1. The summed E-state index contributed by atoms with van der Waals surface area (Å²) in [5, 5.41) is 10.5. The lowest BCUT2D eigenvalue weighted by molar-refractivity contribution is 0.0193. The maximum atomic E-state index is 14.8. The SMILES string of the molecule is Cc1c(C(=O)N(c2ccc(O)cc2)c2ncc3c(ccn3C)n2)cc(-c2cc(Cl)ccc2C(=O)N2Cc3ccccc3C[C@H]2CN2CCOCC2)n1C.Cl. The summed E-state index contributed by atoms with van der Waals surface area (Å²) in [5.41, 5.74) is 7.31. The zero-order chi connectivity index (χ0) is 36.8. The van der Waals surface area contributed by atoms with Gasteiger partial charge in [0, 0.05) is 80.1 Å². The highest BCUT2D eigenvalue weighted by Crippen LogP contribution is 2.36. The minimum Gasteiger partial charge on any atom is -0.508 e. The second kappa shape index (κ2) is 15.3. The Morgan fingerprint density at radius 3 is 2.46 bits per heavy atom. The Labute approximate surface area is 324 Å². The van der Waals surface area contributed by atoms with Gasteiger partial charge in [-0.05, 0) is 79.1 Å². The maximum absolute atomic E-state index is 14.8. The molecule has 2 aliphatic rings. The van der Waals surface area contributed by atoms with Crippen LogP contribution in [0.25, 0.3) is 22.3 Å². The predicted molar refractivity (Wildman–Crippen MR) is 212 cm³/mol. The number of phenolic OH excluding ortho intramolecular Hbond substituents is 1. The molecule has 3 aromatic carbocycles. The third-order valence-corrected chi connectivity index (χ3v) is 10.8. The fraction of sp³-hybridized carbons (Fsp3) is 0.268. The van der Waals surface area contributed by atoms with Gasteiger partial charge in [-0.1, -0.05) is 35.9 Å². The monoisotopic (exact) mass is 765 g/mol. The summed E-state index contributed by atoms with van der Waals surface area (Å²) in [6.45, 7) is 6.15. The number of anilines is 2. The molecule has 13 heteroatoms. The number of halogens is 2. The highest BCUT2D eigenvalue weighted by Gasteiger charge is 2.34. The highest BCUT2D eigenvalue weighted by molar-refractivity contribution is 6.31. The third-order valence-electron chi connectivity index (χ3n) is 10.6. The van der Waals surface area contributed by atoms with Crippen LogP contribution in [0.15, 0.2) is 91.3 Å². The lowest BCUT2D eigenvalue weighted by Gasteiger charge is -2.40. The fourth-order valence-electron chi connectivity index (χ4n) is 7.50. The van der Waals surface area contributed by atoms with Gasteiger partial charge in [0.15, 0.2) is 0 Å². The molecule has 6 aromatic rings. The first kappa shape index (κ1) is 37.1. The van der Waals surface area contributed by atoms with Gasteiger partial charge in [0.2, 0.25) is 5.95 Å². The number of carbonyl (C=O) groups excluding carboxylic acids is 2. The number of nitrogens with zero attached hydrogens (tertiary/aromatic N) is 7. The van der Waals surface area contributed by atoms with Crippen LogP contribution in [-0.2, 0) is 31.8 Å². The van der Waals surface area contributed by atoms with Crippen molar-refractivity contribution in [2.24, 2.45) is 14.1 Å². The quantitative estimate of drug-likeness (QED) is 0.188. The number of amides is 2. The molecule has 0 saturated carbocycles. The van der Waals surface area contributed by atoms with Gasteiger partial charge in [0.05, 0.1) is 41.7 Å². The van der Waals surface area contributed by atoms with E-state index in [0.29, 0.717) is 64.1 Å². The number of benzene rings is 3. The van der Waals surface area contributed by atoms with Crippen LogP contribution in [0.5, 0.6) is 5.75 Å². The molecule has 0 aliphatic carbocycles. The molecule has 278 valence electrons. The molecule has 0 radical (unpaired) electrons. The van der Waals surface area contributed by atoms with Crippen molar-refractivity contribution in [2.45, 2.75) is 25.9 Å². The number of hydrogen-bond acceptors (Lipinski definition) is 7. The van der Waals surface area contributed by atoms with Crippen LogP contribution < -0.4 is 4.90 Å². The number of ether oxygens (including phenoxy) is 1. The van der Waals surface area contributed by atoms with E-state index in [-0.39, 0.29) is 42.0 Å². The number of carbonyl (C=O) groups is 2. The molecule has 54 heavy (non-hydrogen) atoms. The van der Waals surface area contributed by atoms with E-state index in [2.05, 4.69) is 28.1 Å². The molecular weight excluding hydrogens is 725 g/mol. The Kier molecular flexibility index (Phi) is 10.5. The Hall–Kier alpha value is -5.20. The van der Waals surface area contributed by atoms with Crippen LogP contribution in [0.4, 0.5) is 11.6 Å². The summed E-state index contributed by atoms with van der Waals surface area (Å²) in [5.74, 6) is -0.189. The lowest BCUT2D eigenvalue weighted by Crippen LogP contribution is -2.52. The molecule has 2 aliphatic heterocycles. The normalized spacial score (nSPS) is 15.9. The Morgan fingerprint density at radius 2 is 1.70 bits per heavy atom. The van der Waals surface area contributed by atoms with E-state index in [1.54, 1.807) is 36.5 Å². The predicted octanol–water partition coefficient (Wildman–Crippen LogP) is 6.94. The van der Waals surface area contributed by atoms with Crippen molar-refractivity contribution in [3.8, 4) is 17.0 Å². The topological polar surface area (TPSA) is 109 Å². The second-order valence-corrected chi connectivity index (χ2v) is 14.2. The Balaban J connectivity index is 0.00000450. The van der Waals surface area contributed by atoms with Gasteiger partial charge < -0.3 is 23.9 Å². The zero-order valence-corrected chi connectivity index (χ0v) is 31.8. The second-order valence-electron chi connectivity index (χ2n) is 13.8. The highest BCUT2D eigenvalue weighted by atomic mass is 35.5. The fourth-order valence-corrected chi connectivity index (χ4v) is 7.68. The molecule has 5 heterocycles. The third kappa shape index (κ3) is 6.96.